The molecule has 0 aliphatic carbocycles. The molecule has 0 aromatic carbocycles. The van der Waals surface area contributed by atoms with Gasteiger partial charge in [0.25, 0.3) is 0 Å². The number of aliphatic hydroxyl groups excluding tert-OH is 1. The average molecular weight is 338 g/mol. The van der Waals surface area contributed by atoms with Crippen LogP contribution >= 0.6 is 0 Å². The molecule has 2 unspecified atom stereocenters. The first kappa shape index (κ1) is 18.8. The van der Waals surface area contributed by atoms with Gasteiger partial charge in [-0.15, -0.1) is 0 Å². The molecule has 2 heterocycles. The third-order valence-electron chi connectivity index (χ3n) is 4.29. The van der Waals surface area contributed by atoms with Gasteiger partial charge < -0.3 is 24.5 Å². The zero-order chi connectivity index (χ0) is 17.7. The van der Waals surface area contributed by atoms with Gasteiger partial charge in [0.1, 0.15) is 23.7 Å². The molecule has 2 atom stereocenters. The van der Waals surface area contributed by atoms with Crippen LogP contribution in [0.5, 0.6) is 0 Å². The van der Waals surface area contributed by atoms with Crippen molar-refractivity contribution in [2.24, 2.45) is 5.92 Å². The van der Waals surface area contributed by atoms with Crippen molar-refractivity contribution in [3.63, 3.8) is 0 Å². The van der Waals surface area contributed by atoms with E-state index < -0.39 is 5.60 Å². The Hall–Kier alpha value is -1.53. The Bertz CT molecular complexity index is 535. The van der Waals surface area contributed by atoms with Crippen molar-refractivity contribution in [2.45, 2.75) is 65.3 Å². The Balaban J connectivity index is 1.83. The van der Waals surface area contributed by atoms with Gasteiger partial charge in [-0.25, -0.2) is 4.79 Å². The molecule has 1 saturated heterocycles. The number of likely N-dealkylation sites (tertiary alicyclic amines) is 1. The minimum atomic E-state index is -0.461. The first-order chi connectivity index (χ1) is 11.3. The normalized spacial score (nSPS) is 20.0. The van der Waals surface area contributed by atoms with E-state index in [-0.39, 0.29) is 18.7 Å². The topological polar surface area (TPSA) is 74.9 Å². The summed E-state index contributed by atoms with van der Waals surface area (Å²) in [7, 11) is 0. The zero-order valence-electron chi connectivity index (χ0n) is 15.2. The zero-order valence-corrected chi connectivity index (χ0v) is 15.2. The van der Waals surface area contributed by atoms with Crippen LogP contribution in [0.15, 0.2) is 16.5 Å². The maximum Gasteiger partial charge on any atom is 0.410 e. The third-order valence-corrected chi connectivity index (χ3v) is 4.29. The Morgan fingerprint density at radius 1 is 1.46 bits per heavy atom. The molecule has 6 heteroatoms. The van der Waals surface area contributed by atoms with Gasteiger partial charge in [-0.1, -0.05) is 0 Å². The van der Waals surface area contributed by atoms with Crippen molar-refractivity contribution in [3.8, 4) is 0 Å². The molecule has 0 spiro atoms. The van der Waals surface area contributed by atoms with Crippen molar-refractivity contribution >= 4 is 6.09 Å². The van der Waals surface area contributed by atoms with Crippen molar-refractivity contribution in [3.05, 3.63) is 23.7 Å². The van der Waals surface area contributed by atoms with Gasteiger partial charge in [0.05, 0.1) is 6.54 Å². The summed E-state index contributed by atoms with van der Waals surface area (Å²) in [6.45, 7) is 9.81. The monoisotopic (exact) mass is 338 g/mol. The first-order valence-corrected chi connectivity index (χ1v) is 8.68. The van der Waals surface area contributed by atoms with E-state index in [4.69, 9.17) is 14.3 Å². The summed E-state index contributed by atoms with van der Waals surface area (Å²) < 4.78 is 11.0. The highest BCUT2D eigenvalue weighted by atomic mass is 16.6. The fourth-order valence-corrected chi connectivity index (χ4v) is 2.94. The molecule has 1 aliphatic rings. The van der Waals surface area contributed by atoms with Crippen LogP contribution in [-0.2, 0) is 17.9 Å². The maximum atomic E-state index is 12.2. The van der Waals surface area contributed by atoms with E-state index in [1.54, 1.807) is 6.07 Å². The summed E-state index contributed by atoms with van der Waals surface area (Å²) in [5, 5.41) is 12.5. The highest BCUT2D eigenvalue weighted by Gasteiger charge is 2.30. The first-order valence-electron chi connectivity index (χ1n) is 8.68. The smallest absolute Gasteiger partial charge is 0.410 e. The molecule has 1 aliphatic heterocycles. The molecule has 0 radical (unpaired) electrons. The van der Waals surface area contributed by atoms with Crippen LogP contribution in [0.1, 0.15) is 52.1 Å². The van der Waals surface area contributed by atoms with Gasteiger partial charge in [0.15, 0.2) is 0 Å². The number of carbonyl (C=O) groups excluding carboxylic acids is 1. The molecular formula is C18H30N2O4. The van der Waals surface area contributed by atoms with Crippen LogP contribution in [0.3, 0.4) is 0 Å². The predicted molar refractivity (Wildman–Crippen MR) is 91.5 cm³/mol. The molecule has 2 rings (SSSR count). The average Bonchev–Trinajstić information content (AvgIpc) is 2.99. The number of hydrogen-bond donors (Lipinski definition) is 2. The van der Waals surface area contributed by atoms with E-state index in [1.807, 2.05) is 31.7 Å². The van der Waals surface area contributed by atoms with Gasteiger partial charge in [-0.3, -0.25) is 0 Å². The van der Waals surface area contributed by atoms with E-state index in [0.717, 1.165) is 25.1 Å². The molecule has 6 nitrogen and oxygen atoms in total. The van der Waals surface area contributed by atoms with Gasteiger partial charge in [0, 0.05) is 19.1 Å². The van der Waals surface area contributed by atoms with Crippen molar-refractivity contribution in [1.29, 1.82) is 0 Å². The summed E-state index contributed by atoms with van der Waals surface area (Å²) in [6.07, 6.45) is 1.86. The number of furan rings is 1. The van der Waals surface area contributed by atoms with E-state index in [9.17, 15) is 4.79 Å². The molecule has 24 heavy (non-hydrogen) atoms. The number of carbonyl (C=O) groups is 1. The third kappa shape index (κ3) is 5.53. The minimum Gasteiger partial charge on any atom is -0.462 e. The highest BCUT2D eigenvalue weighted by Crippen LogP contribution is 2.22. The quantitative estimate of drug-likeness (QED) is 0.863. The van der Waals surface area contributed by atoms with Crippen LogP contribution in [0.2, 0.25) is 0 Å². The molecule has 1 fully saturated rings. The van der Waals surface area contributed by atoms with Crippen LogP contribution in [0.4, 0.5) is 4.79 Å². The van der Waals surface area contributed by atoms with Crippen LogP contribution in [-0.4, -0.2) is 40.8 Å². The van der Waals surface area contributed by atoms with Gasteiger partial charge in [-0.2, -0.15) is 0 Å². The summed E-state index contributed by atoms with van der Waals surface area (Å²) in [5.74, 6) is 1.78. The van der Waals surface area contributed by atoms with Crippen molar-refractivity contribution in [2.75, 3.05) is 13.1 Å². The Morgan fingerprint density at radius 2 is 2.17 bits per heavy atom. The number of nitrogens with one attached hydrogen (secondary N) is 1. The molecular weight excluding hydrogens is 308 g/mol. The standard InChI is InChI=1S/C18H30N2O4/c1-13(19-10-15-7-8-16(12-21)23-15)14-6-5-9-20(11-14)17(22)24-18(2,3)4/h7-8,13-14,19,21H,5-6,9-12H2,1-4H3. The molecule has 136 valence electrons. The fourth-order valence-electron chi connectivity index (χ4n) is 2.94. The van der Waals surface area contributed by atoms with Gasteiger partial charge >= 0.3 is 6.09 Å². The second-order valence-corrected chi connectivity index (χ2v) is 7.52. The van der Waals surface area contributed by atoms with E-state index in [2.05, 4.69) is 12.2 Å². The lowest BCUT2D eigenvalue weighted by Gasteiger charge is -2.36. The SMILES string of the molecule is CC(NCc1ccc(CO)o1)C1CCCN(C(=O)OC(C)(C)C)C1. The van der Waals surface area contributed by atoms with E-state index >= 15 is 0 Å². The van der Waals surface area contributed by atoms with E-state index in [1.165, 1.54) is 0 Å². The summed E-state index contributed by atoms with van der Waals surface area (Å²) in [4.78, 5) is 14.1. The van der Waals surface area contributed by atoms with Crippen molar-refractivity contribution < 1.29 is 19.1 Å². The molecule has 1 amide bonds. The van der Waals surface area contributed by atoms with Gasteiger partial charge in [0.2, 0.25) is 0 Å². The second kappa shape index (κ2) is 8.03. The predicted octanol–water partition coefficient (Wildman–Crippen LogP) is 2.90. The number of ether oxygens (including phenoxy) is 1. The Labute approximate surface area is 144 Å². The van der Waals surface area contributed by atoms with Crippen LogP contribution in [0.25, 0.3) is 0 Å². The number of aliphatic hydroxyl groups is 1. The Kier molecular flexibility index (Phi) is 6.29. The molecule has 2 N–H and O–H groups in total. The van der Waals surface area contributed by atoms with Crippen molar-refractivity contribution in [1.82, 2.24) is 10.2 Å². The lowest BCUT2D eigenvalue weighted by molar-refractivity contribution is 0.0147. The summed E-state index contributed by atoms with van der Waals surface area (Å²) >= 11 is 0. The maximum absolute atomic E-state index is 12.2. The van der Waals surface area contributed by atoms with Crippen LogP contribution < -0.4 is 5.32 Å². The Morgan fingerprint density at radius 3 is 2.79 bits per heavy atom. The number of amides is 1. The molecule has 1 aromatic heterocycles. The minimum absolute atomic E-state index is 0.0803. The molecule has 0 saturated carbocycles. The highest BCUT2D eigenvalue weighted by molar-refractivity contribution is 5.68. The second-order valence-electron chi connectivity index (χ2n) is 7.52. The number of hydrogen-bond acceptors (Lipinski definition) is 5. The lowest BCUT2D eigenvalue weighted by Crippen LogP contribution is -2.47. The largest absolute Gasteiger partial charge is 0.462 e. The van der Waals surface area contributed by atoms with Gasteiger partial charge in [-0.05, 0) is 58.6 Å². The molecule has 1 aromatic rings. The summed E-state index contributed by atoms with van der Waals surface area (Å²) in [6, 6.07) is 3.92. The summed E-state index contributed by atoms with van der Waals surface area (Å²) in [5.41, 5.74) is -0.461. The molecule has 0 bridgehead atoms. The fraction of sp³-hybridized carbons (Fsp3) is 0.722. The number of rotatable bonds is 5. The number of piperidine rings is 1. The number of nitrogens with zero attached hydrogens (tertiary/aromatic N) is 1. The van der Waals surface area contributed by atoms with Crippen LogP contribution in [0, 0.1) is 5.92 Å². The van der Waals surface area contributed by atoms with E-state index in [0.29, 0.717) is 24.8 Å². The lowest BCUT2D eigenvalue weighted by atomic mass is 9.92.